The fraction of sp³-hybridized carbons (Fsp3) is 0.174. The van der Waals surface area contributed by atoms with Gasteiger partial charge in [-0.15, -0.1) is 0 Å². The lowest BCUT2D eigenvalue weighted by molar-refractivity contribution is 0.0730. The molecule has 3 aromatic carbocycles. The number of nitrogens with zero attached hydrogens (tertiary/aromatic N) is 1. The molecule has 8 heteroatoms. The Morgan fingerprint density at radius 1 is 0.903 bits per heavy atom. The van der Waals surface area contributed by atoms with E-state index in [1.807, 2.05) is 18.2 Å². The maximum Gasteiger partial charge on any atom is 0.259 e. The minimum atomic E-state index is -3.66. The third-order valence-electron chi connectivity index (χ3n) is 4.80. The van der Waals surface area contributed by atoms with Crippen LogP contribution in [-0.2, 0) is 14.8 Å². The normalized spacial score (nSPS) is 14.7. The van der Waals surface area contributed by atoms with Gasteiger partial charge in [0.05, 0.1) is 23.7 Å². The van der Waals surface area contributed by atoms with Gasteiger partial charge < -0.3 is 14.8 Å². The quantitative estimate of drug-likeness (QED) is 0.634. The van der Waals surface area contributed by atoms with Gasteiger partial charge in [0.2, 0.25) is 10.0 Å². The lowest BCUT2D eigenvalue weighted by Crippen LogP contribution is -2.40. The van der Waals surface area contributed by atoms with Gasteiger partial charge in [-0.1, -0.05) is 36.4 Å². The second-order valence-corrected chi connectivity index (χ2v) is 8.85. The number of hydrogen-bond donors (Lipinski definition) is 1. The van der Waals surface area contributed by atoms with Crippen molar-refractivity contribution in [3.05, 3.63) is 84.4 Å². The number of ether oxygens (including phenoxy) is 2. The number of carbonyl (C=O) groups is 1. The van der Waals surface area contributed by atoms with Crippen molar-refractivity contribution in [1.82, 2.24) is 4.31 Å². The van der Waals surface area contributed by atoms with Crippen LogP contribution in [0.25, 0.3) is 0 Å². The Morgan fingerprint density at radius 2 is 1.61 bits per heavy atom. The van der Waals surface area contributed by atoms with E-state index >= 15 is 0 Å². The summed E-state index contributed by atoms with van der Waals surface area (Å²) in [4.78, 5) is 13.0. The summed E-state index contributed by atoms with van der Waals surface area (Å²) < 4.78 is 38.3. The van der Waals surface area contributed by atoms with Crippen LogP contribution < -0.4 is 10.1 Å². The highest BCUT2D eigenvalue weighted by molar-refractivity contribution is 7.89. The Labute approximate surface area is 181 Å². The molecule has 0 atom stereocenters. The zero-order chi connectivity index (χ0) is 21.7. The number of benzene rings is 3. The molecule has 1 amide bonds. The number of carbonyl (C=O) groups excluding carboxylic acids is 1. The molecule has 4 rings (SSSR count). The fourth-order valence-corrected chi connectivity index (χ4v) is 4.68. The highest BCUT2D eigenvalue weighted by Crippen LogP contribution is 2.26. The Bertz CT molecular complexity index is 1160. The molecule has 1 fully saturated rings. The largest absolute Gasteiger partial charge is 0.457 e. The van der Waals surface area contributed by atoms with Crippen LogP contribution in [0.4, 0.5) is 5.69 Å². The summed E-state index contributed by atoms with van der Waals surface area (Å²) in [5, 5.41) is 2.77. The summed E-state index contributed by atoms with van der Waals surface area (Å²) in [6.45, 7) is 1.36. The number of hydrogen-bond acceptors (Lipinski definition) is 5. The molecule has 0 aliphatic carbocycles. The monoisotopic (exact) mass is 438 g/mol. The van der Waals surface area contributed by atoms with E-state index < -0.39 is 15.9 Å². The molecule has 1 aliphatic rings. The fourth-order valence-electron chi connectivity index (χ4n) is 3.23. The van der Waals surface area contributed by atoms with Crippen LogP contribution in [-0.4, -0.2) is 44.9 Å². The lowest BCUT2D eigenvalue weighted by atomic mass is 10.2. The smallest absolute Gasteiger partial charge is 0.259 e. The Hall–Kier alpha value is -3.20. The molecule has 160 valence electrons. The number of amides is 1. The molecule has 0 bridgehead atoms. The molecule has 7 nitrogen and oxygen atoms in total. The van der Waals surface area contributed by atoms with E-state index in [4.69, 9.17) is 9.47 Å². The minimum Gasteiger partial charge on any atom is -0.457 e. The Kier molecular flexibility index (Phi) is 6.31. The van der Waals surface area contributed by atoms with Crippen LogP contribution in [0.2, 0.25) is 0 Å². The van der Waals surface area contributed by atoms with Gasteiger partial charge in [-0.25, -0.2) is 8.42 Å². The SMILES string of the molecule is O=C(Nc1cccc(S(=O)(=O)N2CCOCC2)c1)c1ccccc1Oc1ccccc1. The number of anilines is 1. The highest BCUT2D eigenvalue weighted by Gasteiger charge is 2.26. The predicted molar refractivity (Wildman–Crippen MR) is 117 cm³/mol. The zero-order valence-electron chi connectivity index (χ0n) is 16.7. The van der Waals surface area contributed by atoms with Crippen molar-refractivity contribution in [3.63, 3.8) is 0 Å². The van der Waals surface area contributed by atoms with Gasteiger partial charge in [0.25, 0.3) is 5.91 Å². The van der Waals surface area contributed by atoms with Gasteiger partial charge in [-0.2, -0.15) is 4.31 Å². The molecular weight excluding hydrogens is 416 g/mol. The van der Waals surface area contributed by atoms with Crippen molar-refractivity contribution < 1.29 is 22.7 Å². The predicted octanol–water partition coefficient (Wildman–Crippen LogP) is 3.75. The van der Waals surface area contributed by atoms with Crippen LogP contribution in [0.3, 0.4) is 0 Å². The van der Waals surface area contributed by atoms with Crippen LogP contribution in [0.15, 0.2) is 83.8 Å². The first kappa shape index (κ1) is 21.0. The number of sulfonamides is 1. The molecule has 0 aromatic heterocycles. The first-order valence-electron chi connectivity index (χ1n) is 9.85. The van der Waals surface area contributed by atoms with E-state index in [0.29, 0.717) is 49.1 Å². The molecule has 3 aromatic rings. The number of para-hydroxylation sites is 2. The molecule has 1 heterocycles. The third kappa shape index (κ3) is 4.93. The van der Waals surface area contributed by atoms with Gasteiger partial charge >= 0.3 is 0 Å². The summed E-state index contributed by atoms with van der Waals surface area (Å²) in [6.07, 6.45) is 0. The van der Waals surface area contributed by atoms with Crippen molar-refractivity contribution in [3.8, 4) is 11.5 Å². The topological polar surface area (TPSA) is 84.9 Å². The maximum absolute atomic E-state index is 12.9. The molecule has 1 saturated heterocycles. The van der Waals surface area contributed by atoms with Crippen LogP contribution >= 0.6 is 0 Å². The van der Waals surface area contributed by atoms with Crippen molar-refractivity contribution in [2.24, 2.45) is 0 Å². The number of nitrogens with one attached hydrogen (secondary N) is 1. The molecular formula is C23H22N2O5S. The average Bonchev–Trinajstić information content (AvgIpc) is 2.81. The van der Waals surface area contributed by atoms with E-state index in [1.54, 1.807) is 48.5 Å². The van der Waals surface area contributed by atoms with Gasteiger partial charge in [-0.3, -0.25) is 4.79 Å². The minimum absolute atomic E-state index is 0.126. The maximum atomic E-state index is 12.9. The average molecular weight is 439 g/mol. The summed E-state index contributed by atoms with van der Waals surface area (Å²) in [5.41, 5.74) is 0.724. The van der Waals surface area contributed by atoms with Gasteiger partial charge in [-0.05, 0) is 42.5 Å². The third-order valence-corrected chi connectivity index (χ3v) is 6.70. The van der Waals surface area contributed by atoms with Crippen molar-refractivity contribution in [2.45, 2.75) is 4.90 Å². The summed E-state index contributed by atoms with van der Waals surface area (Å²) in [5.74, 6) is 0.622. The summed E-state index contributed by atoms with van der Waals surface area (Å²) in [7, 11) is -3.66. The van der Waals surface area contributed by atoms with Crippen LogP contribution in [0, 0.1) is 0 Å². The van der Waals surface area contributed by atoms with Crippen molar-refractivity contribution in [1.29, 1.82) is 0 Å². The molecule has 0 unspecified atom stereocenters. The first-order chi connectivity index (χ1) is 15.0. The van der Waals surface area contributed by atoms with Crippen molar-refractivity contribution in [2.75, 3.05) is 31.6 Å². The molecule has 1 N–H and O–H groups in total. The van der Waals surface area contributed by atoms with E-state index in [1.165, 1.54) is 16.4 Å². The number of rotatable bonds is 6. The van der Waals surface area contributed by atoms with E-state index in [9.17, 15) is 13.2 Å². The standard InChI is InChI=1S/C23H22N2O5S/c26-23(21-11-4-5-12-22(21)30-19-8-2-1-3-9-19)24-18-7-6-10-20(17-18)31(27,28)25-13-15-29-16-14-25/h1-12,17H,13-16H2,(H,24,26). The Morgan fingerprint density at radius 3 is 2.39 bits per heavy atom. The molecule has 0 saturated carbocycles. The lowest BCUT2D eigenvalue weighted by Gasteiger charge is -2.26. The molecule has 31 heavy (non-hydrogen) atoms. The van der Waals surface area contributed by atoms with Crippen LogP contribution in [0.5, 0.6) is 11.5 Å². The molecule has 0 spiro atoms. The van der Waals surface area contributed by atoms with E-state index in [2.05, 4.69) is 5.32 Å². The second kappa shape index (κ2) is 9.30. The van der Waals surface area contributed by atoms with E-state index in [0.717, 1.165) is 0 Å². The van der Waals surface area contributed by atoms with Crippen molar-refractivity contribution >= 4 is 21.6 Å². The molecule has 0 radical (unpaired) electrons. The highest BCUT2D eigenvalue weighted by atomic mass is 32.2. The van der Waals surface area contributed by atoms with Gasteiger partial charge in [0.15, 0.2) is 0 Å². The molecule has 1 aliphatic heterocycles. The summed E-state index contributed by atoms with van der Waals surface area (Å²) in [6, 6.07) is 22.3. The van der Waals surface area contributed by atoms with Crippen LogP contribution in [0.1, 0.15) is 10.4 Å². The first-order valence-corrected chi connectivity index (χ1v) is 11.3. The zero-order valence-corrected chi connectivity index (χ0v) is 17.5. The number of morpholine rings is 1. The second-order valence-electron chi connectivity index (χ2n) is 6.91. The van der Waals surface area contributed by atoms with Gasteiger partial charge in [0, 0.05) is 18.8 Å². The van der Waals surface area contributed by atoms with Gasteiger partial charge in [0.1, 0.15) is 11.5 Å². The summed E-state index contributed by atoms with van der Waals surface area (Å²) >= 11 is 0. The Balaban J connectivity index is 1.54. The van der Waals surface area contributed by atoms with E-state index in [-0.39, 0.29) is 4.90 Å².